The smallest absolute Gasteiger partial charge is 0.434 e. The van der Waals surface area contributed by atoms with Crippen LogP contribution >= 0.6 is 0 Å². The molecule has 2 heterocycles. The number of nitrogens with zero attached hydrogens (tertiary/aromatic N) is 2. The van der Waals surface area contributed by atoms with Gasteiger partial charge in [-0.1, -0.05) is 30.3 Å². The van der Waals surface area contributed by atoms with E-state index in [-0.39, 0.29) is 43.9 Å². The number of carbonyl (C=O) groups excluding carboxylic acids is 1. The van der Waals surface area contributed by atoms with Crippen molar-refractivity contribution >= 4 is 23.6 Å². The number of hydrogen-bond donors (Lipinski definition) is 4. The first-order chi connectivity index (χ1) is 13.5. The number of aromatic amines is 1. The predicted molar refractivity (Wildman–Crippen MR) is 99.4 cm³/mol. The van der Waals surface area contributed by atoms with E-state index >= 15 is 0 Å². The summed E-state index contributed by atoms with van der Waals surface area (Å²) in [6.07, 6.45) is -1.77. The van der Waals surface area contributed by atoms with E-state index in [0.29, 0.717) is 6.42 Å². The minimum absolute atomic E-state index is 0.0629. The summed E-state index contributed by atoms with van der Waals surface area (Å²) in [5.74, 6) is 0.140. The maximum absolute atomic E-state index is 11.8. The fraction of sp³-hybridized carbons (Fsp3) is 0.353. The Hall–Kier alpha value is -3.31. The van der Waals surface area contributed by atoms with E-state index in [4.69, 9.17) is 19.9 Å². The van der Waals surface area contributed by atoms with Gasteiger partial charge < -0.3 is 30.4 Å². The number of H-pyrrole nitrogens is 1. The number of hydrogen-bond acceptors (Lipinski definition) is 10. The van der Waals surface area contributed by atoms with Crippen molar-refractivity contribution < 1.29 is 24.1 Å². The van der Waals surface area contributed by atoms with Gasteiger partial charge in [0.25, 0.3) is 5.56 Å². The number of benzene rings is 1. The Balaban J connectivity index is 1.35. The largest absolute Gasteiger partial charge is 0.508 e. The van der Waals surface area contributed by atoms with Gasteiger partial charge in [-0.2, -0.15) is 4.98 Å². The van der Waals surface area contributed by atoms with Crippen molar-refractivity contribution in [2.45, 2.75) is 19.4 Å². The maximum atomic E-state index is 11.8. The molecular weight excluding hydrogens is 370 g/mol. The second-order valence-corrected chi connectivity index (χ2v) is 5.88. The van der Waals surface area contributed by atoms with Crippen LogP contribution in [-0.4, -0.2) is 47.5 Å². The summed E-state index contributed by atoms with van der Waals surface area (Å²) < 4.78 is 15.2. The molecule has 28 heavy (non-hydrogen) atoms. The fourth-order valence-corrected chi connectivity index (χ4v) is 2.52. The molecule has 150 valence electrons. The monoisotopic (exact) mass is 391 g/mol. The highest BCUT2D eigenvalue weighted by molar-refractivity contribution is 5.70. The summed E-state index contributed by atoms with van der Waals surface area (Å²) in [5.41, 5.74) is 6.16. The first-order valence-corrected chi connectivity index (χ1v) is 8.58. The van der Waals surface area contributed by atoms with Crippen molar-refractivity contribution in [3.63, 3.8) is 0 Å². The van der Waals surface area contributed by atoms with Crippen molar-refractivity contribution in [3.05, 3.63) is 46.2 Å². The summed E-state index contributed by atoms with van der Waals surface area (Å²) >= 11 is 0. The minimum Gasteiger partial charge on any atom is -0.434 e. The normalized spacial score (nSPS) is 13.5. The zero-order valence-corrected chi connectivity index (χ0v) is 15.0. The Labute approximate surface area is 160 Å². The third kappa shape index (κ3) is 4.90. The number of nitrogens with two attached hydrogens (primary N) is 1. The molecule has 0 saturated heterocycles. The van der Waals surface area contributed by atoms with Crippen LogP contribution in [0.1, 0.15) is 12.0 Å². The zero-order valence-electron chi connectivity index (χ0n) is 15.0. The van der Waals surface area contributed by atoms with Gasteiger partial charge in [-0.15, -0.1) is 0 Å². The molecule has 1 aliphatic rings. The van der Waals surface area contributed by atoms with Crippen LogP contribution in [0.2, 0.25) is 0 Å². The highest BCUT2D eigenvalue weighted by atomic mass is 16.7. The van der Waals surface area contributed by atoms with Gasteiger partial charge in [0.15, 0.2) is 5.82 Å². The number of aliphatic hydroxyl groups is 1. The first kappa shape index (κ1) is 19.5. The van der Waals surface area contributed by atoms with Crippen LogP contribution in [0.4, 0.5) is 22.2 Å². The van der Waals surface area contributed by atoms with E-state index in [1.54, 1.807) is 0 Å². The summed E-state index contributed by atoms with van der Waals surface area (Å²) in [7, 11) is 0. The molecule has 0 spiro atoms. The average molecular weight is 391 g/mol. The number of nitrogens with one attached hydrogen (secondary N) is 2. The molecule has 2 aromatic rings. The lowest BCUT2D eigenvalue weighted by atomic mass is 10.2. The lowest BCUT2D eigenvalue weighted by Gasteiger charge is -2.23. The van der Waals surface area contributed by atoms with Crippen molar-refractivity contribution in [2.75, 3.05) is 35.8 Å². The van der Waals surface area contributed by atoms with Crippen LogP contribution < -0.4 is 21.5 Å². The molecule has 1 aromatic carbocycles. The number of aliphatic hydroxyl groups excluding tert-OH is 1. The van der Waals surface area contributed by atoms with Gasteiger partial charge in [0, 0.05) is 6.42 Å². The van der Waals surface area contributed by atoms with E-state index in [9.17, 15) is 14.7 Å². The standard InChI is InChI=1S/C17H21N5O6/c18-15-20-13-12(14(23)21-15)19-10-22(13)16(24)26-7-4-8-27-17(25)28-9-11-5-2-1-3-6-11/h1-3,5-6,16,19,24H,4,7-10H2,(H3,18,20,21,23). The van der Waals surface area contributed by atoms with Gasteiger partial charge in [0.05, 0.1) is 19.9 Å². The molecule has 0 aliphatic carbocycles. The first-order valence-electron chi connectivity index (χ1n) is 8.58. The molecule has 1 aliphatic heterocycles. The third-order valence-electron chi connectivity index (χ3n) is 3.86. The molecule has 1 atom stereocenters. The van der Waals surface area contributed by atoms with Gasteiger partial charge in [0.2, 0.25) is 12.4 Å². The minimum atomic E-state index is -1.34. The average Bonchev–Trinajstić information content (AvgIpc) is 3.11. The Morgan fingerprint density at radius 1 is 1.29 bits per heavy atom. The summed E-state index contributed by atoms with van der Waals surface area (Å²) in [5, 5.41) is 12.9. The molecule has 0 bridgehead atoms. The third-order valence-corrected chi connectivity index (χ3v) is 3.86. The van der Waals surface area contributed by atoms with Crippen LogP contribution in [0.3, 0.4) is 0 Å². The van der Waals surface area contributed by atoms with Crippen LogP contribution in [0.15, 0.2) is 35.1 Å². The molecule has 11 nitrogen and oxygen atoms in total. The van der Waals surface area contributed by atoms with Gasteiger partial charge in [0.1, 0.15) is 12.3 Å². The lowest BCUT2D eigenvalue weighted by molar-refractivity contribution is -0.101. The highest BCUT2D eigenvalue weighted by Crippen LogP contribution is 2.27. The maximum Gasteiger partial charge on any atom is 0.508 e. The molecule has 0 amide bonds. The van der Waals surface area contributed by atoms with Crippen molar-refractivity contribution in [3.8, 4) is 0 Å². The summed E-state index contributed by atoms with van der Waals surface area (Å²) in [4.78, 5) is 31.0. The lowest BCUT2D eigenvalue weighted by Crippen LogP contribution is -2.37. The highest BCUT2D eigenvalue weighted by Gasteiger charge is 2.29. The Kier molecular flexibility index (Phi) is 6.29. The number of aromatic nitrogens is 2. The Morgan fingerprint density at radius 2 is 2.07 bits per heavy atom. The van der Waals surface area contributed by atoms with Crippen molar-refractivity contribution in [1.82, 2.24) is 9.97 Å². The SMILES string of the molecule is Nc1nc2c(c(=O)[nH]1)NCN2C(O)OCCCOC(=O)OCc1ccccc1. The number of anilines is 3. The number of fused-ring (bicyclic) bond motifs is 1. The summed E-state index contributed by atoms with van der Waals surface area (Å²) in [6, 6.07) is 9.24. The van der Waals surface area contributed by atoms with Crippen LogP contribution in [0.25, 0.3) is 0 Å². The number of ether oxygens (including phenoxy) is 3. The quantitative estimate of drug-likeness (QED) is 0.285. The Morgan fingerprint density at radius 3 is 2.86 bits per heavy atom. The molecular formula is C17H21N5O6. The molecule has 0 fully saturated rings. The van der Waals surface area contributed by atoms with Crippen LogP contribution in [-0.2, 0) is 20.8 Å². The van der Waals surface area contributed by atoms with Gasteiger partial charge in [-0.3, -0.25) is 14.7 Å². The molecule has 0 saturated carbocycles. The second-order valence-electron chi connectivity index (χ2n) is 5.88. The van der Waals surface area contributed by atoms with Gasteiger partial charge >= 0.3 is 6.16 Å². The fourth-order valence-electron chi connectivity index (χ4n) is 2.52. The topological polar surface area (TPSA) is 152 Å². The van der Waals surface area contributed by atoms with E-state index < -0.39 is 18.1 Å². The molecule has 11 heteroatoms. The van der Waals surface area contributed by atoms with Crippen LogP contribution in [0, 0.1) is 0 Å². The van der Waals surface area contributed by atoms with E-state index in [0.717, 1.165) is 5.56 Å². The van der Waals surface area contributed by atoms with E-state index in [1.165, 1.54) is 4.90 Å². The van der Waals surface area contributed by atoms with E-state index in [1.807, 2.05) is 30.3 Å². The second kappa shape index (κ2) is 9.06. The number of rotatable bonds is 8. The molecule has 1 aromatic heterocycles. The predicted octanol–water partition coefficient (Wildman–Crippen LogP) is 0.577. The number of nitrogen functional groups attached to an aromatic ring is 1. The van der Waals surface area contributed by atoms with Crippen LogP contribution in [0.5, 0.6) is 0 Å². The Bertz CT molecular complexity index is 859. The van der Waals surface area contributed by atoms with Crippen molar-refractivity contribution in [2.24, 2.45) is 0 Å². The number of carbonyl (C=O) groups is 1. The summed E-state index contributed by atoms with van der Waals surface area (Å²) in [6.45, 7) is 0.446. The van der Waals surface area contributed by atoms with E-state index in [2.05, 4.69) is 15.3 Å². The van der Waals surface area contributed by atoms with Gasteiger partial charge in [-0.05, 0) is 5.56 Å². The zero-order chi connectivity index (χ0) is 19.9. The van der Waals surface area contributed by atoms with Gasteiger partial charge in [-0.25, -0.2) is 4.79 Å². The molecule has 1 unspecified atom stereocenters. The van der Waals surface area contributed by atoms with Crippen molar-refractivity contribution in [1.29, 1.82) is 0 Å². The molecule has 3 rings (SSSR count). The molecule has 5 N–H and O–H groups in total. The molecule has 0 radical (unpaired) electrons.